The van der Waals surface area contributed by atoms with Crippen LogP contribution < -0.4 is 16.0 Å². The van der Waals surface area contributed by atoms with E-state index in [0.717, 1.165) is 22.3 Å². The molecule has 0 spiro atoms. The number of aryl methyl sites for hydroxylation is 1. The maximum Gasteiger partial charge on any atom is 0.258 e. The van der Waals surface area contributed by atoms with Crippen LogP contribution in [-0.4, -0.2) is 30.1 Å². The molecule has 1 aliphatic heterocycles. The third-order valence-electron chi connectivity index (χ3n) is 4.64. The molecule has 1 aromatic heterocycles. The quantitative estimate of drug-likeness (QED) is 0.808. The van der Waals surface area contributed by atoms with Gasteiger partial charge in [0.25, 0.3) is 5.56 Å². The van der Waals surface area contributed by atoms with E-state index in [-0.39, 0.29) is 17.0 Å². The van der Waals surface area contributed by atoms with Crippen molar-refractivity contribution in [3.63, 3.8) is 0 Å². The summed E-state index contributed by atoms with van der Waals surface area (Å²) in [6, 6.07) is 11.5. The first-order chi connectivity index (χ1) is 12.8. The van der Waals surface area contributed by atoms with Gasteiger partial charge in [-0.15, -0.1) is 0 Å². The van der Waals surface area contributed by atoms with Gasteiger partial charge >= 0.3 is 0 Å². The Hall–Kier alpha value is -2.56. The zero-order valence-electron chi connectivity index (χ0n) is 15.5. The fourth-order valence-electron chi connectivity index (χ4n) is 3.28. The monoisotopic (exact) mass is 428 g/mol. The van der Waals surface area contributed by atoms with Gasteiger partial charge < -0.3 is 19.9 Å². The average Bonchev–Trinajstić information content (AvgIpc) is 2.60. The fourth-order valence-corrected chi connectivity index (χ4v) is 3.70. The number of nitrogens with two attached hydrogens (primary N) is 1. The lowest BCUT2D eigenvalue weighted by Crippen LogP contribution is -2.34. The molecule has 7 heteroatoms. The summed E-state index contributed by atoms with van der Waals surface area (Å²) in [5, 5.41) is 9.68. The van der Waals surface area contributed by atoms with Crippen molar-refractivity contribution in [1.29, 1.82) is 5.26 Å². The largest absolute Gasteiger partial charge is 0.440 e. The SMILES string of the molecule is Cc1cc2c(c(=O)n1CCN(C)C)[C@@H](c1cccc(Br)c1)C(C#N)=C(N)O2. The van der Waals surface area contributed by atoms with Crippen molar-refractivity contribution < 1.29 is 4.74 Å². The molecule has 0 saturated heterocycles. The minimum Gasteiger partial charge on any atom is -0.440 e. The van der Waals surface area contributed by atoms with Crippen molar-refractivity contribution >= 4 is 15.9 Å². The van der Waals surface area contributed by atoms with Crippen LogP contribution in [0.4, 0.5) is 0 Å². The number of aromatic nitrogens is 1. The molecule has 1 atom stereocenters. The average molecular weight is 429 g/mol. The van der Waals surface area contributed by atoms with E-state index in [4.69, 9.17) is 10.5 Å². The highest BCUT2D eigenvalue weighted by atomic mass is 79.9. The van der Waals surface area contributed by atoms with E-state index in [1.54, 1.807) is 4.57 Å². The van der Waals surface area contributed by atoms with E-state index in [1.807, 2.05) is 56.3 Å². The van der Waals surface area contributed by atoms with Crippen LogP contribution in [0, 0.1) is 18.3 Å². The number of rotatable bonds is 4. The van der Waals surface area contributed by atoms with Crippen molar-refractivity contribution in [2.45, 2.75) is 19.4 Å². The Balaban J connectivity index is 2.24. The van der Waals surface area contributed by atoms with Gasteiger partial charge in [-0.1, -0.05) is 28.1 Å². The second kappa shape index (κ2) is 7.59. The molecule has 140 valence electrons. The first-order valence-electron chi connectivity index (χ1n) is 8.55. The molecule has 0 aliphatic carbocycles. The van der Waals surface area contributed by atoms with Crippen LogP contribution >= 0.6 is 15.9 Å². The van der Waals surface area contributed by atoms with Crippen molar-refractivity contribution in [2.75, 3.05) is 20.6 Å². The van der Waals surface area contributed by atoms with Gasteiger partial charge in [0.1, 0.15) is 17.4 Å². The van der Waals surface area contributed by atoms with Gasteiger partial charge in [-0.25, -0.2) is 0 Å². The molecule has 3 rings (SSSR count). The Morgan fingerprint density at radius 2 is 2.11 bits per heavy atom. The summed E-state index contributed by atoms with van der Waals surface area (Å²) in [6.07, 6.45) is 0. The van der Waals surface area contributed by atoms with Crippen LogP contribution in [-0.2, 0) is 6.54 Å². The van der Waals surface area contributed by atoms with Gasteiger partial charge in [0.2, 0.25) is 5.88 Å². The van der Waals surface area contributed by atoms with Crippen molar-refractivity contribution in [2.24, 2.45) is 5.73 Å². The van der Waals surface area contributed by atoms with E-state index >= 15 is 0 Å². The number of pyridine rings is 1. The molecule has 2 N–H and O–H groups in total. The normalized spacial score (nSPS) is 16.1. The number of ether oxygens (including phenoxy) is 1. The van der Waals surface area contributed by atoms with Crippen molar-refractivity contribution in [3.8, 4) is 11.8 Å². The number of benzene rings is 1. The topological polar surface area (TPSA) is 84.3 Å². The molecule has 1 aromatic carbocycles. The Morgan fingerprint density at radius 3 is 2.74 bits per heavy atom. The summed E-state index contributed by atoms with van der Waals surface area (Å²) in [6.45, 7) is 3.15. The molecule has 0 unspecified atom stereocenters. The summed E-state index contributed by atoms with van der Waals surface area (Å²) in [7, 11) is 3.92. The standard InChI is InChI=1S/C20H21BrN4O2/c1-12-9-16-18(20(26)25(12)8-7-24(2)3)17(15(11-22)19(23)27-16)13-5-4-6-14(21)10-13/h4-6,9-10,17H,7-8,23H2,1-3H3/t17-/m0/s1. The van der Waals surface area contributed by atoms with E-state index in [1.165, 1.54) is 0 Å². The number of nitriles is 1. The molecule has 27 heavy (non-hydrogen) atoms. The number of nitrogens with zero attached hydrogens (tertiary/aromatic N) is 3. The minimum absolute atomic E-state index is 0.0415. The van der Waals surface area contributed by atoms with E-state index in [2.05, 4.69) is 22.0 Å². The lowest BCUT2D eigenvalue weighted by Gasteiger charge is -2.27. The van der Waals surface area contributed by atoms with Gasteiger partial charge in [0, 0.05) is 29.3 Å². The molecule has 1 aliphatic rings. The predicted octanol–water partition coefficient (Wildman–Crippen LogP) is 2.70. The highest BCUT2D eigenvalue weighted by Gasteiger charge is 2.34. The molecule has 0 saturated carbocycles. The third kappa shape index (κ3) is 3.64. The van der Waals surface area contributed by atoms with Crippen LogP contribution in [0.15, 0.2) is 51.1 Å². The third-order valence-corrected chi connectivity index (χ3v) is 5.14. The second-order valence-corrected chi connectivity index (χ2v) is 7.72. The van der Waals surface area contributed by atoms with E-state index in [0.29, 0.717) is 17.9 Å². The molecule has 0 bridgehead atoms. The van der Waals surface area contributed by atoms with Crippen LogP contribution in [0.2, 0.25) is 0 Å². The lowest BCUT2D eigenvalue weighted by atomic mass is 9.84. The van der Waals surface area contributed by atoms with Gasteiger partial charge in [-0.3, -0.25) is 4.79 Å². The van der Waals surface area contributed by atoms with Crippen molar-refractivity contribution in [3.05, 3.63) is 73.4 Å². The number of hydrogen-bond donors (Lipinski definition) is 1. The van der Waals surface area contributed by atoms with Gasteiger partial charge in [0.15, 0.2) is 0 Å². The van der Waals surface area contributed by atoms with Crippen molar-refractivity contribution in [1.82, 2.24) is 9.47 Å². The molecule has 6 nitrogen and oxygen atoms in total. The minimum atomic E-state index is -0.560. The number of fused-ring (bicyclic) bond motifs is 1. The second-order valence-electron chi connectivity index (χ2n) is 6.80. The molecule has 0 radical (unpaired) electrons. The predicted molar refractivity (Wildman–Crippen MR) is 107 cm³/mol. The summed E-state index contributed by atoms with van der Waals surface area (Å²) in [5.74, 6) is -0.102. The number of likely N-dealkylation sites (N-methyl/N-ethyl adjacent to an activating group) is 1. The van der Waals surface area contributed by atoms with E-state index in [9.17, 15) is 10.1 Å². The molecule has 0 amide bonds. The maximum atomic E-state index is 13.4. The summed E-state index contributed by atoms with van der Waals surface area (Å²) in [5.41, 5.74) is 8.16. The zero-order chi connectivity index (χ0) is 19.7. The number of allylic oxidation sites excluding steroid dienone is 1. The number of hydrogen-bond acceptors (Lipinski definition) is 5. The molecular weight excluding hydrogens is 408 g/mol. The first kappa shape index (κ1) is 19.2. The molecule has 2 aromatic rings. The van der Waals surface area contributed by atoms with Crippen LogP contribution in [0.3, 0.4) is 0 Å². The zero-order valence-corrected chi connectivity index (χ0v) is 17.1. The van der Waals surface area contributed by atoms with E-state index < -0.39 is 5.92 Å². The Bertz CT molecular complexity index is 1020. The lowest BCUT2D eigenvalue weighted by molar-refractivity contribution is 0.369. The first-order valence-corrected chi connectivity index (χ1v) is 9.35. The van der Waals surface area contributed by atoms with Crippen LogP contribution in [0.1, 0.15) is 22.7 Å². The Morgan fingerprint density at radius 1 is 1.37 bits per heavy atom. The molecule has 2 heterocycles. The summed E-state index contributed by atoms with van der Waals surface area (Å²) in [4.78, 5) is 15.4. The Labute approximate surface area is 166 Å². The molecule has 0 fully saturated rings. The van der Waals surface area contributed by atoms with Crippen LogP contribution in [0.5, 0.6) is 5.75 Å². The van der Waals surface area contributed by atoms with Crippen LogP contribution in [0.25, 0.3) is 0 Å². The maximum absolute atomic E-state index is 13.4. The smallest absolute Gasteiger partial charge is 0.258 e. The Kier molecular flexibility index (Phi) is 5.40. The number of halogens is 1. The van der Waals surface area contributed by atoms with Gasteiger partial charge in [0.05, 0.1) is 11.5 Å². The highest BCUT2D eigenvalue weighted by Crippen LogP contribution is 2.40. The molecular formula is C20H21BrN4O2. The van der Waals surface area contributed by atoms with Gasteiger partial charge in [-0.2, -0.15) is 5.26 Å². The summed E-state index contributed by atoms with van der Waals surface area (Å²) < 4.78 is 8.25. The summed E-state index contributed by atoms with van der Waals surface area (Å²) >= 11 is 3.46. The van der Waals surface area contributed by atoms with Gasteiger partial charge in [-0.05, 0) is 38.7 Å². The fraction of sp³-hybridized carbons (Fsp3) is 0.300. The highest BCUT2D eigenvalue weighted by molar-refractivity contribution is 9.10.